The van der Waals surface area contributed by atoms with Gasteiger partial charge < -0.3 is 9.80 Å². The lowest BCUT2D eigenvalue weighted by Crippen LogP contribution is -2.34. The van der Waals surface area contributed by atoms with Crippen LogP contribution >= 0.6 is 0 Å². The van der Waals surface area contributed by atoms with Gasteiger partial charge >= 0.3 is 0 Å². The molecule has 0 amide bonds. The van der Waals surface area contributed by atoms with Crippen molar-refractivity contribution < 1.29 is 0 Å². The molecule has 0 unspecified atom stereocenters. The highest BCUT2D eigenvalue weighted by Crippen LogP contribution is 2.56. The van der Waals surface area contributed by atoms with Crippen LogP contribution in [-0.4, -0.2) is 0 Å². The number of anilines is 5. The van der Waals surface area contributed by atoms with Gasteiger partial charge in [-0.3, -0.25) is 0 Å². The molecular weight excluding hydrogens is 917 g/mol. The molecule has 0 spiro atoms. The summed E-state index contributed by atoms with van der Waals surface area (Å²) < 4.78 is 0. The van der Waals surface area contributed by atoms with Crippen LogP contribution in [0.2, 0.25) is 0 Å². The van der Waals surface area contributed by atoms with Gasteiger partial charge in [0.25, 0.3) is 0 Å². The van der Waals surface area contributed by atoms with Crippen LogP contribution in [0, 0.1) is 0 Å². The minimum atomic E-state index is -0.173. The number of hydrogen-bond acceptors (Lipinski definition) is 2. The average molecular weight is 971 g/mol. The van der Waals surface area contributed by atoms with Crippen molar-refractivity contribution in [1.29, 1.82) is 0 Å². The lowest BCUT2D eigenvalue weighted by Gasteiger charge is -2.44. The molecule has 0 N–H and O–H groups in total. The fraction of sp³-hybridized carbons (Fsp3) is 0.108. The Labute approximate surface area is 443 Å². The number of rotatable bonds is 4. The third kappa shape index (κ3) is 5.93. The molecule has 13 aromatic rings. The van der Waals surface area contributed by atoms with E-state index in [1.54, 1.807) is 0 Å². The lowest BCUT2D eigenvalue weighted by atomic mass is 9.70. The zero-order chi connectivity index (χ0) is 50.6. The first-order valence-electron chi connectivity index (χ1n) is 27.1. The van der Waals surface area contributed by atoms with Crippen LogP contribution in [-0.2, 0) is 10.8 Å². The van der Waals surface area contributed by atoms with E-state index < -0.39 is 0 Å². The van der Waals surface area contributed by atoms with Gasteiger partial charge in [0.2, 0.25) is 0 Å². The maximum Gasteiger partial charge on any atom is 0.0502 e. The standard InChI is InChI=1S/C74H54N2/c1-73(2)61-26-7-11-30-65(61)75(66-31-12-8-27-62(66)73)49-37-39-58-59(43-49)70(48-35-34-45-18-5-6-19-47(45)42-48)57-38-36-50(76-67-32-13-9-28-63(67)74(3,4)64-29-10-14-33-68(64)76)44-60(57)72(58)56-41-40-55-52-23-16-21-46-20-15-22-51(69(46)52)53-24-17-25-54(56)71(53)55/h5-9,11-28,30-44H,10,29H2,1-4H3. The van der Waals surface area contributed by atoms with E-state index >= 15 is 0 Å². The van der Waals surface area contributed by atoms with Gasteiger partial charge in [0, 0.05) is 27.9 Å². The van der Waals surface area contributed by atoms with Gasteiger partial charge in [0.05, 0.1) is 17.1 Å². The fourth-order valence-corrected chi connectivity index (χ4v) is 14.5. The van der Waals surface area contributed by atoms with Gasteiger partial charge in [-0.1, -0.05) is 204 Å². The number of fused-ring (bicyclic) bond motifs is 8. The highest BCUT2D eigenvalue weighted by atomic mass is 15.2. The van der Waals surface area contributed by atoms with E-state index in [0.717, 1.165) is 18.5 Å². The van der Waals surface area contributed by atoms with Crippen LogP contribution in [0.15, 0.2) is 242 Å². The van der Waals surface area contributed by atoms with Gasteiger partial charge in [-0.25, -0.2) is 0 Å². The zero-order valence-corrected chi connectivity index (χ0v) is 43.2. The van der Waals surface area contributed by atoms with Gasteiger partial charge in [-0.2, -0.15) is 0 Å². The third-order valence-electron chi connectivity index (χ3n) is 18.0. The van der Waals surface area contributed by atoms with Crippen LogP contribution in [0.5, 0.6) is 0 Å². The van der Waals surface area contributed by atoms with Crippen molar-refractivity contribution in [3.05, 3.63) is 259 Å². The molecule has 2 heteroatoms. The average Bonchev–Trinajstić information content (AvgIpc) is 3.49. The van der Waals surface area contributed by atoms with E-state index in [4.69, 9.17) is 0 Å². The molecule has 0 bridgehead atoms. The Morgan fingerprint density at radius 1 is 0.355 bits per heavy atom. The second kappa shape index (κ2) is 15.8. The topological polar surface area (TPSA) is 6.48 Å². The monoisotopic (exact) mass is 970 g/mol. The quantitative estimate of drug-likeness (QED) is 0.128. The van der Waals surface area contributed by atoms with Crippen molar-refractivity contribution in [2.75, 3.05) is 9.80 Å². The first-order valence-corrected chi connectivity index (χ1v) is 27.1. The minimum Gasteiger partial charge on any atom is -0.310 e. The predicted octanol–water partition coefficient (Wildman–Crippen LogP) is 20.7. The Morgan fingerprint density at radius 2 is 0.868 bits per heavy atom. The second-order valence-electron chi connectivity index (χ2n) is 22.6. The van der Waals surface area contributed by atoms with Crippen LogP contribution in [0.4, 0.5) is 28.4 Å². The molecule has 16 rings (SSSR count). The van der Waals surface area contributed by atoms with Crippen LogP contribution in [0.1, 0.15) is 57.2 Å². The molecular formula is C74H54N2. The first kappa shape index (κ1) is 43.4. The van der Waals surface area contributed by atoms with Gasteiger partial charge in [-0.15, -0.1) is 0 Å². The molecule has 0 radical (unpaired) electrons. The number of allylic oxidation sites excluding steroid dienone is 3. The summed E-state index contributed by atoms with van der Waals surface area (Å²) in [5.74, 6) is 0. The molecule has 3 aliphatic rings. The maximum absolute atomic E-state index is 2.57. The van der Waals surface area contributed by atoms with Gasteiger partial charge in [-0.05, 0) is 187 Å². The molecule has 360 valence electrons. The van der Waals surface area contributed by atoms with Crippen LogP contribution < -0.4 is 9.80 Å². The molecule has 13 aromatic carbocycles. The predicted molar refractivity (Wildman–Crippen MR) is 325 cm³/mol. The molecule has 1 aliphatic carbocycles. The van der Waals surface area contributed by atoms with Crippen molar-refractivity contribution in [1.82, 2.24) is 0 Å². The number of nitrogens with zero attached hydrogens (tertiary/aromatic N) is 2. The van der Waals surface area contributed by atoms with E-state index in [0.29, 0.717) is 0 Å². The third-order valence-corrected chi connectivity index (χ3v) is 18.0. The molecule has 76 heavy (non-hydrogen) atoms. The number of para-hydroxylation sites is 3. The van der Waals surface area contributed by atoms with E-state index in [1.165, 1.54) is 148 Å². The van der Waals surface area contributed by atoms with Gasteiger partial charge in [0.15, 0.2) is 0 Å². The normalized spacial score (nSPS) is 15.6. The highest BCUT2D eigenvalue weighted by Gasteiger charge is 2.40. The van der Waals surface area contributed by atoms with Crippen molar-refractivity contribution >= 4 is 104 Å². The van der Waals surface area contributed by atoms with E-state index in [2.05, 4.69) is 268 Å². The molecule has 0 atom stereocenters. The summed E-state index contributed by atoms with van der Waals surface area (Å²) in [7, 11) is 0. The summed E-state index contributed by atoms with van der Waals surface area (Å²) in [5, 5.41) is 17.8. The summed E-state index contributed by atoms with van der Waals surface area (Å²) in [6.45, 7) is 9.59. The molecule has 0 fully saturated rings. The van der Waals surface area contributed by atoms with Gasteiger partial charge in [0.1, 0.15) is 0 Å². The van der Waals surface area contributed by atoms with Crippen molar-refractivity contribution in [2.24, 2.45) is 0 Å². The van der Waals surface area contributed by atoms with E-state index in [-0.39, 0.29) is 10.8 Å². The Morgan fingerprint density at radius 3 is 1.57 bits per heavy atom. The Balaban J connectivity index is 1.06. The zero-order valence-electron chi connectivity index (χ0n) is 43.2. The summed E-state index contributed by atoms with van der Waals surface area (Å²) >= 11 is 0. The highest BCUT2D eigenvalue weighted by molar-refractivity contribution is 6.35. The molecule has 2 aliphatic heterocycles. The summed E-state index contributed by atoms with van der Waals surface area (Å²) in [6, 6.07) is 83.3. The minimum absolute atomic E-state index is 0.0935. The van der Waals surface area contributed by atoms with Crippen LogP contribution in [0.3, 0.4) is 0 Å². The largest absolute Gasteiger partial charge is 0.310 e. The molecule has 0 aromatic heterocycles. The molecule has 0 saturated carbocycles. The first-order chi connectivity index (χ1) is 37.2. The van der Waals surface area contributed by atoms with Crippen LogP contribution in [0.25, 0.3) is 97.7 Å². The summed E-state index contributed by atoms with van der Waals surface area (Å²) in [6.07, 6.45) is 6.87. The Bertz CT molecular complexity index is 4620. The second-order valence-corrected chi connectivity index (χ2v) is 22.6. The van der Waals surface area contributed by atoms with Crippen molar-refractivity contribution in [3.8, 4) is 22.3 Å². The van der Waals surface area contributed by atoms with Crippen molar-refractivity contribution in [2.45, 2.75) is 51.4 Å². The Hall–Kier alpha value is -8.98. The molecule has 2 heterocycles. The lowest BCUT2D eigenvalue weighted by molar-refractivity contribution is 0.571. The van der Waals surface area contributed by atoms with E-state index in [9.17, 15) is 0 Å². The number of benzene rings is 13. The summed E-state index contributed by atoms with van der Waals surface area (Å²) in [5.41, 5.74) is 17.5. The molecule has 2 nitrogen and oxygen atoms in total. The number of hydrogen-bond donors (Lipinski definition) is 0. The smallest absolute Gasteiger partial charge is 0.0502 e. The van der Waals surface area contributed by atoms with Crippen molar-refractivity contribution in [3.63, 3.8) is 0 Å². The maximum atomic E-state index is 2.57. The van der Waals surface area contributed by atoms with E-state index in [1.807, 2.05) is 0 Å². The molecule has 0 saturated heterocycles. The SMILES string of the molecule is CC1(C)C2=C(C=CCC2)N(c2ccc3c(-c4ccc5ccccc5c4)c4cc(N5c6ccccc6C(C)(C)c6ccccc65)ccc4c(-c4ccc5c6cccc7cccc(c8cccc4c85)c76)c3c2)c2ccccc21. The summed E-state index contributed by atoms with van der Waals surface area (Å²) in [4.78, 5) is 5.09. The Kier molecular flexibility index (Phi) is 9.01. The fourth-order valence-electron chi connectivity index (χ4n) is 14.5.